The summed E-state index contributed by atoms with van der Waals surface area (Å²) >= 11 is 0. The molecule has 0 aromatic carbocycles. The summed E-state index contributed by atoms with van der Waals surface area (Å²) in [4.78, 5) is 0. The molecule has 0 aliphatic carbocycles. The van der Waals surface area contributed by atoms with E-state index >= 15 is 0 Å². The molecule has 0 unspecified atom stereocenters. The summed E-state index contributed by atoms with van der Waals surface area (Å²) in [5.41, 5.74) is 0. The molecule has 172 valence electrons. The molecule has 0 saturated heterocycles. The number of hydrogen-bond donors (Lipinski definition) is 0. The van der Waals surface area contributed by atoms with Gasteiger partial charge in [-0.25, -0.2) is 0 Å². The zero-order valence-corrected chi connectivity index (χ0v) is 21.0. The van der Waals surface area contributed by atoms with E-state index < -0.39 is 0 Å². The maximum Gasteiger partial charge on any atom is -0.0533 e. The van der Waals surface area contributed by atoms with Gasteiger partial charge >= 0.3 is 0 Å². The van der Waals surface area contributed by atoms with Gasteiger partial charge in [0.1, 0.15) is 0 Å². The van der Waals surface area contributed by atoms with Crippen molar-refractivity contribution >= 4 is 0 Å². The normalized spacial score (nSPS) is 10.7. The molecule has 0 amide bonds. The van der Waals surface area contributed by atoms with Crippen molar-refractivity contribution in [1.29, 1.82) is 0 Å². The molecular formula is C28H60. The summed E-state index contributed by atoms with van der Waals surface area (Å²) in [5.74, 6) is 0. The van der Waals surface area contributed by atoms with Crippen LogP contribution in [0.4, 0.5) is 0 Å². The van der Waals surface area contributed by atoms with E-state index in [9.17, 15) is 0 Å². The lowest BCUT2D eigenvalue weighted by Gasteiger charge is -2.03. The highest BCUT2D eigenvalue weighted by molar-refractivity contribution is 4.49. The molecule has 0 spiro atoms. The topological polar surface area (TPSA) is 0 Å². The van der Waals surface area contributed by atoms with E-state index in [4.69, 9.17) is 0 Å². The van der Waals surface area contributed by atoms with Gasteiger partial charge in [0.05, 0.1) is 0 Å². The average Bonchev–Trinajstić information content (AvgIpc) is 2.71. The zero-order chi connectivity index (χ0) is 21.0. The Morgan fingerprint density at radius 1 is 0.179 bits per heavy atom. The number of rotatable bonds is 22. The van der Waals surface area contributed by atoms with Gasteiger partial charge in [0.2, 0.25) is 0 Å². The molecule has 0 radical (unpaired) electrons. The standard InChI is InChI=1S/C19H40.C9H20/c1-3-5-7-9-11-13-15-17-19-18-16-14-12-10-8-6-4-2;1-3-5-7-9-8-6-4-2/h3-19H2,1-2H3;3-9H2,1-2H3. The maximum absolute atomic E-state index is 2.30. The monoisotopic (exact) mass is 396 g/mol. The minimum atomic E-state index is 1.37. The highest BCUT2D eigenvalue weighted by Crippen LogP contribution is 2.13. The lowest BCUT2D eigenvalue weighted by molar-refractivity contribution is 0.529. The van der Waals surface area contributed by atoms with Crippen LogP contribution in [0.5, 0.6) is 0 Å². The average molecular weight is 397 g/mol. The van der Waals surface area contributed by atoms with Crippen LogP contribution in [-0.2, 0) is 0 Å². The predicted octanol–water partition coefficient (Wildman–Crippen LogP) is 11.4. The van der Waals surface area contributed by atoms with Gasteiger partial charge in [0.25, 0.3) is 0 Å². The van der Waals surface area contributed by atoms with Crippen LogP contribution in [0.3, 0.4) is 0 Å². The van der Waals surface area contributed by atoms with Crippen LogP contribution < -0.4 is 0 Å². The Morgan fingerprint density at radius 3 is 0.393 bits per heavy atom. The molecule has 0 aromatic heterocycles. The summed E-state index contributed by atoms with van der Waals surface area (Å²) in [6.45, 7) is 9.12. The Labute approximate surface area is 182 Å². The summed E-state index contributed by atoms with van der Waals surface area (Å²) in [7, 11) is 0. The van der Waals surface area contributed by atoms with Crippen molar-refractivity contribution in [3.63, 3.8) is 0 Å². The second-order valence-corrected chi connectivity index (χ2v) is 9.07. The van der Waals surface area contributed by atoms with Gasteiger partial charge in [-0.3, -0.25) is 0 Å². The smallest absolute Gasteiger partial charge is 0.0533 e. The summed E-state index contributed by atoms with van der Waals surface area (Å²) in [6.07, 6.45) is 34.9. The molecule has 0 aliphatic rings. The second kappa shape index (κ2) is 31.7. The molecule has 0 bridgehead atoms. The molecule has 0 saturated carbocycles. The molecule has 0 heteroatoms. The number of hydrogen-bond acceptors (Lipinski definition) is 0. The molecule has 0 aliphatic heterocycles. The lowest BCUT2D eigenvalue weighted by Crippen LogP contribution is -1.83. The summed E-state index contributed by atoms with van der Waals surface area (Å²) < 4.78 is 0. The SMILES string of the molecule is CCCCCCCCC.CCCCCCCCCCCCCCCCCCC. The first-order chi connectivity index (χ1) is 13.8. The fourth-order valence-electron chi connectivity index (χ4n) is 3.83. The Balaban J connectivity index is 0. The van der Waals surface area contributed by atoms with Crippen molar-refractivity contribution in [2.45, 2.75) is 182 Å². The third kappa shape index (κ3) is 33.6. The van der Waals surface area contributed by atoms with E-state index in [-0.39, 0.29) is 0 Å². The molecule has 0 nitrogen and oxygen atoms in total. The first kappa shape index (κ1) is 30.2. The van der Waals surface area contributed by atoms with Crippen molar-refractivity contribution < 1.29 is 0 Å². The largest absolute Gasteiger partial charge is 0.0654 e. The quantitative estimate of drug-likeness (QED) is 0.160. The molecule has 0 atom stereocenters. The van der Waals surface area contributed by atoms with Gasteiger partial charge in [-0.2, -0.15) is 0 Å². The minimum absolute atomic E-state index is 1.37. The van der Waals surface area contributed by atoms with E-state index in [1.165, 1.54) is 154 Å². The lowest BCUT2D eigenvalue weighted by atomic mass is 10.0. The van der Waals surface area contributed by atoms with Crippen molar-refractivity contribution in [3.8, 4) is 0 Å². The van der Waals surface area contributed by atoms with Crippen molar-refractivity contribution in [3.05, 3.63) is 0 Å². The fraction of sp³-hybridized carbons (Fsp3) is 1.00. The van der Waals surface area contributed by atoms with Gasteiger partial charge in [-0.1, -0.05) is 182 Å². The predicted molar refractivity (Wildman–Crippen MR) is 134 cm³/mol. The fourth-order valence-corrected chi connectivity index (χ4v) is 3.83. The summed E-state index contributed by atoms with van der Waals surface area (Å²) in [6, 6.07) is 0. The van der Waals surface area contributed by atoms with E-state index in [2.05, 4.69) is 27.7 Å². The molecule has 28 heavy (non-hydrogen) atoms. The number of unbranched alkanes of at least 4 members (excludes halogenated alkanes) is 22. The first-order valence-corrected chi connectivity index (χ1v) is 13.8. The Morgan fingerprint density at radius 2 is 0.286 bits per heavy atom. The highest BCUT2D eigenvalue weighted by atomic mass is 14.0. The Hall–Kier alpha value is 0. The molecule has 0 rings (SSSR count). The van der Waals surface area contributed by atoms with Crippen LogP contribution in [0, 0.1) is 0 Å². The third-order valence-corrected chi connectivity index (χ3v) is 5.91. The van der Waals surface area contributed by atoms with Crippen LogP contribution >= 0.6 is 0 Å². The third-order valence-electron chi connectivity index (χ3n) is 5.91. The van der Waals surface area contributed by atoms with Crippen LogP contribution in [0.1, 0.15) is 182 Å². The van der Waals surface area contributed by atoms with E-state index in [0.29, 0.717) is 0 Å². The van der Waals surface area contributed by atoms with Gasteiger partial charge < -0.3 is 0 Å². The summed E-state index contributed by atoms with van der Waals surface area (Å²) in [5, 5.41) is 0. The van der Waals surface area contributed by atoms with Crippen molar-refractivity contribution in [2.75, 3.05) is 0 Å². The molecule has 0 heterocycles. The second-order valence-electron chi connectivity index (χ2n) is 9.07. The van der Waals surface area contributed by atoms with Crippen LogP contribution in [0.25, 0.3) is 0 Å². The van der Waals surface area contributed by atoms with Gasteiger partial charge in [0, 0.05) is 0 Å². The van der Waals surface area contributed by atoms with Gasteiger partial charge in [-0.05, 0) is 0 Å². The van der Waals surface area contributed by atoms with E-state index in [1.807, 2.05) is 0 Å². The maximum atomic E-state index is 2.30. The van der Waals surface area contributed by atoms with Crippen LogP contribution in [-0.4, -0.2) is 0 Å². The van der Waals surface area contributed by atoms with Gasteiger partial charge in [-0.15, -0.1) is 0 Å². The highest BCUT2D eigenvalue weighted by Gasteiger charge is 1.94. The molecule has 0 fully saturated rings. The van der Waals surface area contributed by atoms with E-state index in [0.717, 1.165) is 0 Å². The first-order valence-electron chi connectivity index (χ1n) is 13.8. The molecule has 0 aromatic rings. The van der Waals surface area contributed by atoms with E-state index in [1.54, 1.807) is 0 Å². The Bertz CT molecular complexity index is 198. The molecule has 0 N–H and O–H groups in total. The van der Waals surface area contributed by atoms with Crippen molar-refractivity contribution in [1.82, 2.24) is 0 Å². The Kier molecular flexibility index (Phi) is 34.2. The zero-order valence-electron chi connectivity index (χ0n) is 21.0. The minimum Gasteiger partial charge on any atom is -0.0654 e. The van der Waals surface area contributed by atoms with Crippen LogP contribution in [0.15, 0.2) is 0 Å². The molecular weight excluding hydrogens is 336 g/mol. The van der Waals surface area contributed by atoms with Crippen LogP contribution in [0.2, 0.25) is 0 Å². The van der Waals surface area contributed by atoms with Crippen molar-refractivity contribution in [2.24, 2.45) is 0 Å². The van der Waals surface area contributed by atoms with Gasteiger partial charge in [0.15, 0.2) is 0 Å².